The van der Waals surface area contributed by atoms with Crippen molar-refractivity contribution < 1.29 is 13.2 Å². The van der Waals surface area contributed by atoms with Gasteiger partial charge in [0.15, 0.2) is 0 Å². The van der Waals surface area contributed by atoms with E-state index in [1.807, 2.05) is 62.4 Å². The third kappa shape index (κ3) is 4.16. The van der Waals surface area contributed by atoms with Crippen LogP contribution in [0.25, 0.3) is 16.9 Å². The van der Waals surface area contributed by atoms with Gasteiger partial charge in [0.2, 0.25) is 0 Å². The molecule has 0 aliphatic rings. The van der Waals surface area contributed by atoms with E-state index in [2.05, 4.69) is 5.10 Å². The van der Waals surface area contributed by atoms with Crippen molar-refractivity contribution in [1.29, 1.82) is 0 Å². The second-order valence-electron chi connectivity index (χ2n) is 8.07. The van der Waals surface area contributed by atoms with E-state index in [0.29, 0.717) is 11.3 Å². The Morgan fingerprint density at radius 2 is 1.70 bits per heavy atom. The van der Waals surface area contributed by atoms with E-state index in [1.54, 1.807) is 11.6 Å². The smallest absolute Gasteiger partial charge is 0.394 e. The van der Waals surface area contributed by atoms with Gasteiger partial charge in [-0.15, -0.1) is 0 Å². The highest BCUT2D eigenvalue weighted by Gasteiger charge is 2.36. The summed E-state index contributed by atoms with van der Waals surface area (Å²) in [5.41, 5.74) is 7.55. The van der Waals surface area contributed by atoms with Crippen LogP contribution in [0.2, 0.25) is 0 Å². The van der Waals surface area contributed by atoms with Crippen molar-refractivity contribution >= 4 is 5.69 Å². The molecule has 8 heteroatoms. The van der Waals surface area contributed by atoms with Crippen LogP contribution in [0.4, 0.5) is 18.9 Å². The van der Waals surface area contributed by atoms with E-state index in [9.17, 15) is 18.0 Å². The molecular weight excluding hydrogens is 429 g/mol. The SMILES string of the molecule is Cc1ccc(Cn2c(-c3cnn(-c4ccccc4)c3C)cc(C(F)(F)F)c(N)c2=O)c(C)c1. The summed E-state index contributed by atoms with van der Waals surface area (Å²) in [5, 5.41) is 4.37. The summed E-state index contributed by atoms with van der Waals surface area (Å²) >= 11 is 0. The first-order valence-electron chi connectivity index (χ1n) is 10.3. The lowest BCUT2D eigenvalue weighted by molar-refractivity contribution is -0.137. The second-order valence-corrected chi connectivity index (χ2v) is 8.07. The molecule has 0 spiro atoms. The van der Waals surface area contributed by atoms with E-state index in [0.717, 1.165) is 28.4 Å². The molecule has 4 rings (SSSR count). The van der Waals surface area contributed by atoms with Crippen LogP contribution in [0, 0.1) is 20.8 Å². The van der Waals surface area contributed by atoms with Gasteiger partial charge in [-0.25, -0.2) is 4.68 Å². The number of aromatic nitrogens is 3. The molecule has 0 bridgehead atoms. The first-order valence-corrected chi connectivity index (χ1v) is 10.3. The number of nitrogens with zero attached hydrogens (tertiary/aromatic N) is 3. The minimum Gasteiger partial charge on any atom is -0.394 e. The monoisotopic (exact) mass is 452 g/mol. The van der Waals surface area contributed by atoms with Crippen LogP contribution in [0.5, 0.6) is 0 Å². The molecule has 4 aromatic rings. The fourth-order valence-corrected chi connectivity index (χ4v) is 3.96. The molecule has 2 heterocycles. The van der Waals surface area contributed by atoms with Crippen molar-refractivity contribution in [3.05, 3.63) is 99.1 Å². The zero-order valence-corrected chi connectivity index (χ0v) is 18.4. The first kappa shape index (κ1) is 22.4. The molecular formula is C25H23F3N4O. The largest absolute Gasteiger partial charge is 0.418 e. The fourth-order valence-electron chi connectivity index (χ4n) is 3.96. The van der Waals surface area contributed by atoms with Gasteiger partial charge >= 0.3 is 6.18 Å². The minimum absolute atomic E-state index is 0.0819. The summed E-state index contributed by atoms with van der Waals surface area (Å²) in [6.45, 7) is 5.69. The molecule has 0 saturated heterocycles. The highest BCUT2D eigenvalue weighted by atomic mass is 19.4. The quantitative estimate of drug-likeness (QED) is 0.458. The predicted octanol–water partition coefficient (Wildman–Crippen LogP) is 5.28. The number of anilines is 1. The topological polar surface area (TPSA) is 65.8 Å². The second kappa shape index (κ2) is 8.27. The van der Waals surface area contributed by atoms with Crippen molar-refractivity contribution in [2.24, 2.45) is 0 Å². The van der Waals surface area contributed by atoms with Crippen molar-refractivity contribution in [2.45, 2.75) is 33.5 Å². The van der Waals surface area contributed by atoms with Crippen LogP contribution in [0.15, 0.2) is 65.6 Å². The lowest BCUT2D eigenvalue weighted by Crippen LogP contribution is -2.29. The van der Waals surface area contributed by atoms with Crippen molar-refractivity contribution in [3.63, 3.8) is 0 Å². The van der Waals surface area contributed by atoms with Crippen molar-refractivity contribution in [2.75, 3.05) is 5.73 Å². The number of halogens is 3. The summed E-state index contributed by atoms with van der Waals surface area (Å²) in [7, 11) is 0. The molecule has 0 aliphatic heterocycles. The average Bonchev–Trinajstić information content (AvgIpc) is 3.14. The summed E-state index contributed by atoms with van der Waals surface area (Å²) in [6, 6.07) is 15.9. The fraction of sp³-hybridized carbons (Fsp3) is 0.200. The molecule has 2 N–H and O–H groups in total. The molecule has 5 nitrogen and oxygen atoms in total. The van der Waals surface area contributed by atoms with Gasteiger partial charge in [-0.2, -0.15) is 18.3 Å². The number of aryl methyl sites for hydroxylation is 2. The standard InChI is InChI=1S/C25H23F3N4O/c1-15-9-10-18(16(2)11-15)14-31-22(12-21(25(26,27)28)23(29)24(31)33)20-13-30-32(17(20)3)19-7-5-4-6-8-19/h4-13H,14,29H2,1-3H3. The molecule has 0 aliphatic carbocycles. The number of nitrogen functional groups attached to an aromatic ring is 1. The van der Waals surface area contributed by atoms with Crippen LogP contribution in [-0.4, -0.2) is 14.3 Å². The molecule has 170 valence electrons. The Labute approximate surface area is 188 Å². The van der Waals surface area contributed by atoms with Crippen molar-refractivity contribution in [1.82, 2.24) is 14.3 Å². The van der Waals surface area contributed by atoms with Gasteiger partial charge in [-0.1, -0.05) is 42.0 Å². The molecule has 0 amide bonds. The maximum atomic E-state index is 13.7. The summed E-state index contributed by atoms with van der Waals surface area (Å²) < 4.78 is 44.1. The summed E-state index contributed by atoms with van der Waals surface area (Å²) in [4.78, 5) is 13.1. The zero-order valence-electron chi connectivity index (χ0n) is 18.4. The van der Waals surface area contributed by atoms with Crippen LogP contribution in [0.1, 0.15) is 27.9 Å². The molecule has 0 saturated carbocycles. The van der Waals surface area contributed by atoms with E-state index in [1.165, 1.54) is 10.8 Å². The predicted molar refractivity (Wildman–Crippen MR) is 122 cm³/mol. The summed E-state index contributed by atoms with van der Waals surface area (Å²) in [5.74, 6) is 0. The molecule has 0 fully saturated rings. The zero-order chi connectivity index (χ0) is 23.9. The Morgan fingerprint density at radius 1 is 1.00 bits per heavy atom. The van der Waals surface area contributed by atoms with E-state index < -0.39 is 23.0 Å². The number of benzene rings is 2. The number of alkyl halides is 3. The van der Waals surface area contributed by atoms with Crippen LogP contribution in [-0.2, 0) is 12.7 Å². The molecule has 2 aromatic heterocycles. The third-order valence-corrected chi connectivity index (χ3v) is 5.76. The Hall–Kier alpha value is -3.81. The van der Waals surface area contributed by atoms with Gasteiger partial charge in [0.25, 0.3) is 5.56 Å². The Morgan fingerprint density at radius 3 is 2.33 bits per heavy atom. The van der Waals surface area contributed by atoms with E-state index in [4.69, 9.17) is 5.73 Å². The van der Waals surface area contributed by atoms with Gasteiger partial charge in [0, 0.05) is 5.56 Å². The van der Waals surface area contributed by atoms with Gasteiger partial charge in [0.1, 0.15) is 5.69 Å². The van der Waals surface area contributed by atoms with Gasteiger partial charge in [0.05, 0.1) is 35.4 Å². The Kier molecular flexibility index (Phi) is 5.61. The average molecular weight is 452 g/mol. The van der Waals surface area contributed by atoms with Crippen LogP contribution in [0.3, 0.4) is 0 Å². The maximum Gasteiger partial charge on any atom is 0.418 e. The van der Waals surface area contributed by atoms with Crippen LogP contribution >= 0.6 is 0 Å². The number of hydrogen-bond donors (Lipinski definition) is 1. The first-order chi connectivity index (χ1) is 15.6. The third-order valence-electron chi connectivity index (χ3n) is 5.76. The van der Waals surface area contributed by atoms with Gasteiger partial charge in [-0.05, 0) is 50.1 Å². The highest BCUT2D eigenvalue weighted by Crippen LogP contribution is 2.36. The number of rotatable bonds is 4. The maximum absolute atomic E-state index is 13.7. The lowest BCUT2D eigenvalue weighted by atomic mass is 10.0. The Bertz CT molecular complexity index is 1390. The van der Waals surface area contributed by atoms with Gasteiger partial charge in [-0.3, -0.25) is 4.79 Å². The molecule has 33 heavy (non-hydrogen) atoms. The number of nitrogens with two attached hydrogens (primary N) is 1. The van der Waals surface area contributed by atoms with Crippen molar-refractivity contribution in [3.8, 4) is 16.9 Å². The number of pyridine rings is 1. The molecule has 0 unspecified atom stereocenters. The van der Waals surface area contributed by atoms with E-state index >= 15 is 0 Å². The number of hydrogen-bond acceptors (Lipinski definition) is 3. The van der Waals surface area contributed by atoms with E-state index in [-0.39, 0.29) is 12.2 Å². The molecule has 2 aromatic carbocycles. The highest BCUT2D eigenvalue weighted by molar-refractivity contribution is 5.67. The lowest BCUT2D eigenvalue weighted by Gasteiger charge is -2.19. The minimum atomic E-state index is -4.76. The number of para-hydroxylation sites is 1. The normalized spacial score (nSPS) is 11.7. The molecule has 0 radical (unpaired) electrons. The van der Waals surface area contributed by atoms with Crippen LogP contribution < -0.4 is 11.3 Å². The Balaban J connectivity index is 1.96. The van der Waals surface area contributed by atoms with Gasteiger partial charge < -0.3 is 10.3 Å². The summed E-state index contributed by atoms with van der Waals surface area (Å²) in [6.07, 6.45) is -3.29. The molecule has 0 atom stereocenters.